The number of esters is 3. The maximum Gasteiger partial charge on any atom is 0.306 e. The van der Waals surface area contributed by atoms with Crippen LogP contribution in [0.5, 0.6) is 0 Å². The summed E-state index contributed by atoms with van der Waals surface area (Å²) in [6, 6.07) is 0. The van der Waals surface area contributed by atoms with Crippen LogP contribution in [0, 0.1) is 0 Å². The van der Waals surface area contributed by atoms with Gasteiger partial charge >= 0.3 is 17.9 Å². The van der Waals surface area contributed by atoms with Crippen molar-refractivity contribution in [3.63, 3.8) is 0 Å². The summed E-state index contributed by atoms with van der Waals surface area (Å²) in [5.41, 5.74) is 0. The van der Waals surface area contributed by atoms with Crippen molar-refractivity contribution >= 4 is 17.9 Å². The number of carbonyl (C=O) groups excluding carboxylic acids is 3. The lowest BCUT2D eigenvalue weighted by atomic mass is 10.0. The van der Waals surface area contributed by atoms with Crippen LogP contribution in [0.1, 0.15) is 265 Å². The average molecular weight is 855 g/mol. The SMILES string of the molecule is CCCCC/C=C\C/C=C\C/C=C\C/C=C\CCCC(=O)O[C@@H](COC(=O)CCCCCCCCCCCCC)COC(=O)CCCCCCCCCCCCCCCCC. The molecule has 0 aliphatic heterocycles. The Morgan fingerprint density at radius 2 is 0.607 bits per heavy atom. The van der Waals surface area contributed by atoms with Crippen LogP contribution in [0.2, 0.25) is 0 Å². The van der Waals surface area contributed by atoms with Gasteiger partial charge in [0.1, 0.15) is 13.2 Å². The number of carbonyl (C=O) groups is 3. The third-order valence-corrected chi connectivity index (χ3v) is 11.3. The van der Waals surface area contributed by atoms with Gasteiger partial charge in [-0.1, -0.05) is 236 Å². The molecule has 0 bridgehead atoms. The lowest BCUT2D eigenvalue weighted by Crippen LogP contribution is -2.30. The van der Waals surface area contributed by atoms with Crippen molar-refractivity contribution in [3.8, 4) is 0 Å². The normalized spacial score (nSPS) is 12.4. The minimum absolute atomic E-state index is 0.0911. The van der Waals surface area contributed by atoms with Crippen LogP contribution in [-0.2, 0) is 28.6 Å². The fourth-order valence-electron chi connectivity index (χ4n) is 7.38. The highest BCUT2D eigenvalue weighted by Crippen LogP contribution is 2.15. The highest BCUT2D eigenvalue weighted by Gasteiger charge is 2.19. The van der Waals surface area contributed by atoms with Gasteiger partial charge in [0.15, 0.2) is 6.10 Å². The van der Waals surface area contributed by atoms with E-state index in [2.05, 4.69) is 69.4 Å². The van der Waals surface area contributed by atoms with E-state index in [1.165, 1.54) is 154 Å². The second kappa shape index (κ2) is 50.0. The van der Waals surface area contributed by atoms with E-state index in [0.717, 1.165) is 64.2 Å². The highest BCUT2D eigenvalue weighted by atomic mass is 16.6. The maximum atomic E-state index is 12.8. The first-order valence-electron chi connectivity index (χ1n) is 26.1. The van der Waals surface area contributed by atoms with Gasteiger partial charge in [-0.2, -0.15) is 0 Å². The monoisotopic (exact) mass is 855 g/mol. The molecule has 1 atom stereocenters. The molecule has 0 heterocycles. The molecule has 6 heteroatoms. The Bertz CT molecular complexity index is 1070. The van der Waals surface area contributed by atoms with Crippen LogP contribution < -0.4 is 0 Å². The summed E-state index contributed by atoms with van der Waals surface area (Å²) in [5, 5.41) is 0. The topological polar surface area (TPSA) is 78.9 Å². The van der Waals surface area contributed by atoms with Crippen LogP contribution in [0.4, 0.5) is 0 Å². The van der Waals surface area contributed by atoms with Gasteiger partial charge in [0.2, 0.25) is 0 Å². The quantitative estimate of drug-likeness (QED) is 0.0263. The second-order valence-electron chi connectivity index (χ2n) is 17.4. The highest BCUT2D eigenvalue weighted by molar-refractivity contribution is 5.71. The van der Waals surface area contributed by atoms with Gasteiger partial charge in [0.05, 0.1) is 0 Å². The molecule has 6 nitrogen and oxygen atoms in total. The third-order valence-electron chi connectivity index (χ3n) is 11.3. The summed E-state index contributed by atoms with van der Waals surface area (Å²) in [4.78, 5) is 37.9. The van der Waals surface area contributed by atoms with E-state index in [-0.39, 0.29) is 37.5 Å². The fourth-order valence-corrected chi connectivity index (χ4v) is 7.38. The summed E-state index contributed by atoms with van der Waals surface area (Å²) < 4.78 is 16.7. The predicted octanol–water partition coefficient (Wildman–Crippen LogP) is 17.1. The summed E-state index contributed by atoms with van der Waals surface area (Å²) >= 11 is 0. The van der Waals surface area contributed by atoms with E-state index in [0.29, 0.717) is 19.3 Å². The standard InChI is InChI=1S/C55H98O6/c1-4-7-10-13-16-19-22-24-26-27-29-31-34-37-40-43-46-49-55(58)61-52(50-59-53(56)47-44-41-38-35-32-21-18-15-12-9-6-3)51-60-54(57)48-45-42-39-36-33-30-28-25-23-20-17-14-11-8-5-2/h16,19,24,26,29,31,37,40,52H,4-15,17-18,20-23,25,27-28,30,32-36,38-39,41-51H2,1-3H3/b19-16-,26-24-,31-29-,40-37-/t52-/m0/s1. The summed E-state index contributed by atoms with van der Waals surface area (Å²) in [5.74, 6) is -0.939. The number of unbranched alkanes of at least 4 members (excludes halogenated alkanes) is 28. The molecular formula is C55H98O6. The molecule has 0 spiro atoms. The smallest absolute Gasteiger partial charge is 0.306 e. The predicted molar refractivity (Wildman–Crippen MR) is 261 cm³/mol. The van der Waals surface area contributed by atoms with Crippen molar-refractivity contribution in [2.45, 2.75) is 271 Å². The Labute approximate surface area is 378 Å². The Hall–Kier alpha value is -2.63. The van der Waals surface area contributed by atoms with Crippen molar-refractivity contribution in [3.05, 3.63) is 48.6 Å². The maximum absolute atomic E-state index is 12.8. The molecule has 0 aliphatic rings. The first kappa shape index (κ1) is 58.4. The first-order valence-corrected chi connectivity index (χ1v) is 26.1. The van der Waals surface area contributed by atoms with Crippen LogP contribution >= 0.6 is 0 Å². The molecule has 0 aromatic carbocycles. The van der Waals surface area contributed by atoms with Gasteiger partial charge in [-0.15, -0.1) is 0 Å². The zero-order valence-electron chi connectivity index (χ0n) is 40.4. The second-order valence-corrected chi connectivity index (χ2v) is 17.4. The molecule has 0 fully saturated rings. The minimum atomic E-state index is -0.796. The molecule has 0 radical (unpaired) electrons. The first-order chi connectivity index (χ1) is 30.0. The van der Waals surface area contributed by atoms with Crippen molar-refractivity contribution < 1.29 is 28.6 Å². The summed E-state index contributed by atoms with van der Waals surface area (Å²) in [7, 11) is 0. The van der Waals surface area contributed by atoms with Crippen molar-refractivity contribution in [1.82, 2.24) is 0 Å². The Morgan fingerprint density at radius 3 is 0.967 bits per heavy atom. The molecule has 0 rings (SSSR count). The molecule has 0 aromatic rings. The zero-order valence-corrected chi connectivity index (χ0v) is 40.4. The van der Waals surface area contributed by atoms with Crippen molar-refractivity contribution in [2.24, 2.45) is 0 Å². The number of hydrogen-bond acceptors (Lipinski definition) is 6. The Morgan fingerprint density at radius 1 is 0.328 bits per heavy atom. The largest absolute Gasteiger partial charge is 0.462 e. The van der Waals surface area contributed by atoms with Crippen LogP contribution in [0.15, 0.2) is 48.6 Å². The van der Waals surface area contributed by atoms with Gasteiger partial charge in [0.25, 0.3) is 0 Å². The molecule has 354 valence electrons. The Kier molecular flexibility index (Phi) is 47.9. The Balaban J connectivity index is 4.43. The molecule has 0 aliphatic carbocycles. The average Bonchev–Trinajstić information content (AvgIpc) is 3.26. The number of ether oxygens (including phenoxy) is 3. The summed E-state index contributed by atoms with van der Waals surface area (Å²) in [6.45, 7) is 6.57. The van der Waals surface area contributed by atoms with Crippen molar-refractivity contribution in [2.75, 3.05) is 13.2 Å². The van der Waals surface area contributed by atoms with E-state index in [9.17, 15) is 14.4 Å². The molecule has 0 saturated heterocycles. The molecular weight excluding hydrogens is 757 g/mol. The molecule has 0 amide bonds. The fraction of sp³-hybridized carbons (Fsp3) is 0.800. The zero-order chi connectivity index (χ0) is 44.4. The van der Waals surface area contributed by atoms with E-state index < -0.39 is 6.10 Å². The third kappa shape index (κ3) is 48.3. The lowest BCUT2D eigenvalue weighted by molar-refractivity contribution is -0.167. The number of hydrogen-bond donors (Lipinski definition) is 0. The molecule has 0 aromatic heterocycles. The van der Waals surface area contributed by atoms with Gasteiger partial charge in [-0.25, -0.2) is 0 Å². The van der Waals surface area contributed by atoms with Gasteiger partial charge in [-0.3, -0.25) is 14.4 Å². The van der Waals surface area contributed by atoms with Crippen LogP contribution in [-0.4, -0.2) is 37.2 Å². The van der Waals surface area contributed by atoms with E-state index >= 15 is 0 Å². The van der Waals surface area contributed by atoms with Gasteiger partial charge in [0, 0.05) is 19.3 Å². The lowest BCUT2D eigenvalue weighted by Gasteiger charge is -2.18. The molecule has 0 N–H and O–H groups in total. The van der Waals surface area contributed by atoms with Crippen LogP contribution in [0.3, 0.4) is 0 Å². The number of rotatable bonds is 47. The van der Waals surface area contributed by atoms with E-state index in [1.807, 2.05) is 0 Å². The molecule has 0 saturated carbocycles. The van der Waals surface area contributed by atoms with Crippen molar-refractivity contribution in [1.29, 1.82) is 0 Å². The van der Waals surface area contributed by atoms with Crippen LogP contribution in [0.25, 0.3) is 0 Å². The van der Waals surface area contributed by atoms with E-state index in [1.54, 1.807) is 0 Å². The molecule has 0 unspecified atom stereocenters. The van der Waals surface area contributed by atoms with Gasteiger partial charge in [-0.05, 0) is 57.8 Å². The molecule has 61 heavy (non-hydrogen) atoms. The summed E-state index contributed by atoms with van der Waals surface area (Å²) in [6.07, 6.45) is 59.5. The minimum Gasteiger partial charge on any atom is -0.462 e. The van der Waals surface area contributed by atoms with E-state index in [4.69, 9.17) is 14.2 Å². The number of allylic oxidation sites excluding steroid dienone is 8. The van der Waals surface area contributed by atoms with Gasteiger partial charge < -0.3 is 14.2 Å².